The maximum absolute atomic E-state index is 11.0. The van der Waals surface area contributed by atoms with Gasteiger partial charge in [-0.25, -0.2) is 0 Å². The average Bonchev–Trinajstić information content (AvgIpc) is 2.41. The van der Waals surface area contributed by atoms with Crippen LogP contribution in [0, 0.1) is 5.92 Å². The van der Waals surface area contributed by atoms with Gasteiger partial charge in [-0.05, 0) is 56.6 Å². The molecule has 1 saturated heterocycles. The van der Waals surface area contributed by atoms with Crippen LogP contribution in [0.4, 0.5) is 5.69 Å². The fourth-order valence-corrected chi connectivity index (χ4v) is 2.78. The van der Waals surface area contributed by atoms with Crippen molar-refractivity contribution in [2.75, 3.05) is 32.0 Å². The summed E-state index contributed by atoms with van der Waals surface area (Å²) in [5, 5.41) is 6.20. The zero-order chi connectivity index (χ0) is 14.4. The zero-order valence-corrected chi connectivity index (χ0v) is 12.5. The van der Waals surface area contributed by atoms with E-state index in [1.54, 1.807) is 0 Å². The Hall–Kier alpha value is -1.39. The lowest BCUT2D eigenvalue weighted by Gasteiger charge is -2.27. The maximum atomic E-state index is 11.0. The molecule has 0 unspecified atom stereocenters. The molecular weight excluding hydrogens is 250 g/mol. The Morgan fingerprint density at radius 2 is 1.95 bits per heavy atom. The highest BCUT2D eigenvalue weighted by Crippen LogP contribution is 2.15. The first-order valence-corrected chi connectivity index (χ1v) is 7.39. The second kappa shape index (κ2) is 7.41. The zero-order valence-electron chi connectivity index (χ0n) is 12.5. The lowest BCUT2D eigenvalue weighted by Crippen LogP contribution is -2.34. The maximum Gasteiger partial charge on any atom is 0.221 e. The molecular formula is C16H25N3O. The predicted octanol–water partition coefficient (Wildman–Crippen LogP) is 2.08. The second-order valence-corrected chi connectivity index (χ2v) is 5.77. The molecule has 1 heterocycles. The van der Waals surface area contributed by atoms with E-state index in [9.17, 15) is 4.79 Å². The molecule has 0 aromatic heterocycles. The third-order valence-corrected chi connectivity index (χ3v) is 3.76. The Bertz CT molecular complexity index is 424. The van der Waals surface area contributed by atoms with Gasteiger partial charge in [0.2, 0.25) is 5.91 Å². The fraction of sp³-hybridized carbons (Fsp3) is 0.562. The molecule has 1 aliphatic rings. The smallest absolute Gasteiger partial charge is 0.221 e. The van der Waals surface area contributed by atoms with Crippen LogP contribution in [-0.4, -0.2) is 37.5 Å². The van der Waals surface area contributed by atoms with E-state index >= 15 is 0 Å². The monoisotopic (exact) mass is 275 g/mol. The molecule has 0 saturated carbocycles. The molecule has 4 heteroatoms. The van der Waals surface area contributed by atoms with Crippen molar-refractivity contribution in [2.24, 2.45) is 5.92 Å². The summed E-state index contributed by atoms with van der Waals surface area (Å²) >= 11 is 0. The molecule has 20 heavy (non-hydrogen) atoms. The molecule has 2 rings (SSSR count). The van der Waals surface area contributed by atoms with Crippen LogP contribution >= 0.6 is 0 Å². The number of piperidine rings is 1. The number of nitrogens with one attached hydrogen (secondary N) is 2. The van der Waals surface area contributed by atoms with E-state index in [1.165, 1.54) is 25.3 Å². The Kier molecular flexibility index (Phi) is 5.56. The molecule has 1 aromatic carbocycles. The van der Waals surface area contributed by atoms with Gasteiger partial charge in [0, 0.05) is 25.7 Å². The Balaban J connectivity index is 1.81. The van der Waals surface area contributed by atoms with E-state index in [0.29, 0.717) is 0 Å². The van der Waals surface area contributed by atoms with Crippen LogP contribution in [0.3, 0.4) is 0 Å². The summed E-state index contributed by atoms with van der Waals surface area (Å²) in [5.41, 5.74) is 2.15. The van der Waals surface area contributed by atoms with Gasteiger partial charge >= 0.3 is 0 Å². The van der Waals surface area contributed by atoms with E-state index in [1.807, 2.05) is 12.1 Å². The quantitative estimate of drug-likeness (QED) is 0.864. The van der Waals surface area contributed by atoms with Crippen LogP contribution in [0.25, 0.3) is 0 Å². The standard InChI is InChI=1S/C16H25N3O/c1-13(20)18-16-5-3-14(4-6-16)11-19(2)12-15-7-9-17-10-8-15/h3-6,15,17H,7-12H2,1-2H3,(H,18,20). The fourth-order valence-electron chi connectivity index (χ4n) is 2.78. The molecule has 1 fully saturated rings. The molecule has 1 aliphatic heterocycles. The van der Waals surface area contributed by atoms with E-state index < -0.39 is 0 Å². The highest BCUT2D eigenvalue weighted by atomic mass is 16.1. The Labute approximate surface area is 121 Å². The molecule has 0 spiro atoms. The third-order valence-electron chi connectivity index (χ3n) is 3.76. The van der Waals surface area contributed by atoms with Crippen LogP contribution in [-0.2, 0) is 11.3 Å². The van der Waals surface area contributed by atoms with E-state index in [4.69, 9.17) is 0 Å². The molecule has 0 bridgehead atoms. The highest BCUT2D eigenvalue weighted by Gasteiger charge is 2.14. The number of benzene rings is 1. The first-order chi connectivity index (χ1) is 9.63. The molecule has 0 radical (unpaired) electrons. The molecule has 2 N–H and O–H groups in total. The number of nitrogens with zero attached hydrogens (tertiary/aromatic N) is 1. The molecule has 0 aliphatic carbocycles. The van der Waals surface area contributed by atoms with Gasteiger partial charge in [0.15, 0.2) is 0 Å². The molecule has 0 atom stereocenters. The normalized spacial score (nSPS) is 16.4. The number of carbonyl (C=O) groups excluding carboxylic acids is 1. The lowest BCUT2D eigenvalue weighted by molar-refractivity contribution is -0.114. The summed E-state index contributed by atoms with van der Waals surface area (Å²) in [6, 6.07) is 8.11. The van der Waals surface area contributed by atoms with Gasteiger partial charge in [0.05, 0.1) is 0 Å². The number of amides is 1. The van der Waals surface area contributed by atoms with Gasteiger partial charge < -0.3 is 15.5 Å². The van der Waals surface area contributed by atoms with Crippen LogP contribution in [0.15, 0.2) is 24.3 Å². The first kappa shape index (κ1) is 15.0. The molecule has 1 amide bonds. The van der Waals surface area contributed by atoms with Gasteiger partial charge in [0.25, 0.3) is 0 Å². The van der Waals surface area contributed by atoms with Gasteiger partial charge in [-0.3, -0.25) is 4.79 Å². The summed E-state index contributed by atoms with van der Waals surface area (Å²) in [7, 11) is 2.18. The number of anilines is 1. The van der Waals surface area contributed by atoms with Gasteiger partial charge in [-0.1, -0.05) is 12.1 Å². The van der Waals surface area contributed by atoms with Crippen LogP contribution in [0.5, 0.6) is 0 Å². The summed E-state index contributed by atoms with van der Waals surface area (Å²) in [4.78, 5) is 13.4. The van der Waals surface area contributed by atoms with E-state index in [-0.39, 0.29) is 5.91 Å². The molecule has 1 aromatic rings. The van der Waals surface area contributed by atoms with Crippen molar-refractivity contribution < 1.29 is 4.79 Å². The molecule has 110 valence electrons. The predicted molar refractivity (Wildman–Crippen MR) is 82.7 cm³/mol. The topological polar surface area (TPSA) is 44.4 Å². The number of hydrogen-bond donors (Lipinski definition) is 2. The van der Waals surface area contributed by atoms with E-state index in [2.05, 4.69) is 34.7 Å². The summed E-state index contributed by atoms with van der Waals surface area (Å²) in [6.45, 7) is 5.97. The summed E-state index contributed by atoms with van der Waals surface area (Å²) < 4.78 is 0. The van der Waals surface area contributed by atoms with Crippen molar-refractivity contribution in [3.8, 4) is 0 Å². The minimum atomic E-state index is -0.0271. The Morgan fingerprint density at radius 1 is 1.30 bits per heavy atom. The van der Waals surface area contributed by atoms with Crippen LogP contribution < -0.4 is 10.6 Å². The van der Waals surface area contributed by atoms with Crippen molar-refractivity contribution in [2.45, 2.75) is 26.3 Å². The van der Waals surface area contributed by atoms with Crippen molar-refractivity contribution in [3.63, 3.8) is 0 Å². The third kappa shape index (κ3) is 4.94. The first-order valence-electron chi connectivity index (χ1n) is 7.39. The largest absolute Gasteiger partial charge is 0.326 e. The van der Waals surface area contributed by atoms with Gasteiger partial charge in [-0.15, -0.1) is 0 Å². The number of carbonyl (C=O) groups is 1. The lowest BCUT2D eigenvalue weighted by atomic mass is 9.97. The van der Waals surface area contributed by atoms with Crippen molar-refractivity contribution in [1.82, 2.24) is 10.2 Å². The minimum absolute atomic E-state index is 0.0271. The van der Waals surface area contributed by atoms with Crippen molar-refractivity contribution in [1.29, 1.82) is 0 Å². The van der Waals surface area contributed by atoms with E-state index in [0.717, 1.165) is 37.8 Å². The minimum Gasteiger partial charge on any atom is -0.326 e. The SMILES string of the molecule is CC(=O)Nc1ccc(CN(C)CC2CCNCC2)cc1. The number of rotatable bonds is 5. The van der Waals surface area contributed by atoms with Gasteiger partial charge in [-0.2, -0.15) is 0 Å². The van der Waals surface area contributed by atoms with Crippen molar-refractivity contribution >= 4 is 11.6 Å². The Morgan fingerprint density at radius 3 is 2.55 bits per heavy atom. The second-order valence-electron chi connectivity index (χ2n) is 5.77. The van der Waals surface area contributed by atoms with Gasteiger partial charge in [0.1, 0.15) is 0 Å². The summed E-state index contributed by atoms with van der Waals surface area (Å²) in [5.74, 6) is 0.792. The van der Waals surface area contributed by atoms with Crippen LogP contribution in [0.1, 0.15) is 25.3 Å². The average molecular weight is 275 g/mol. The summed E-state index contributed by atoms with van der Waals surface area (Å²) in [6.07, 6.45) is 2.57. The number of hydrogen-bond acceptors (Lipinski definition) is 3. The highest BCUT2D eigenvalue weighted by molar-refractivity contribution is 5.88. The molecule has 4 nitrogen and oxygen atoms in total. The van der Waals surface area contributed by atoms with Crippen LogP contribution in [0.2, 0.25) is 0 Å². The van der Waals surface area contributed by atoms with Crippen molar-refractivity contribution in [3.05, 3.63) is 29.8 Å².